The number of carbonyl (C=O) groups excluding carboxylic acids is 1. The van der Waals surface area contributed by atoms with Gasteiger partial charge in [-0.3, -0.25) is 4.79 Å². The van der Waals surface area contributed by atoms with Crippen molar-refractivity contribution in [3.8, 4) is 0 Å². The Bertz CT molecular complexity index is 740. The highest BCUT2D eigenvalue weighted by atomic mass is 35.5. The second kappa shape index (κ2) is 8.25. The zero-order valence-corrected chi connectivity index (χ0v) is 17.1. The number of rotatable bonds is 4. The highest BCUT2D eigenvalue weighted by Gasteiger charge is 2.38. The quantitative estimate of drug-likeness (QED) is 0.838. The molecule has 146 valence electrons. The fraction of sp³-hybridized carbons (Fsp3) is 0.611. The zero-order valence-electron chi connectivity index (χ0n) is 15.5. The smallest absolute Gasteiger partial charge is 0.254 e. The molecule has 2 aliphatic rings. The average molecular weight is 402 g/mol. The Labute approximate surface area is 162 Å². The molecular formula is C18H28ClN3O3S. The molecule has 2 aliphatic heterocycles. The Morgan fingerprint density at radius 1 is 1.23 bits per heavy atom. The van der Waals surface area contributed by atoms with E-state index >= 15 is 0 Å². The minimum atomic E-state index is -3.59. The monoisotopic (exact) mass is 401 g/mol. The Kier molecular flexibility index (Phi) is 6.71. The van der Waals surface area contributed by atoms with E-state index in [1.54, 1.807) is 25.2 Å². The lowest BCUT2D eigenvalue weighted by Gasteiger charge is -2.28. The van der Waals surface area contributed by atoms with Crippen molar-refractivity contribution in [3.63, 3.8) is 0 Å². The molecule has 0 radical (unpaired) electrons. The van der Waals surface area contributed by atoms with Gasteiger partial charge in [-0.05, 0) is 57.9 Å². The van der Waals surface area contributed by atoms with Crippen LogP contribution in [-0.2, 0) is 10.0 Å². The summed E-state index contributed by atoms with van der Waals surface area (Å²) < 4.78 is 26.8. The van der Waals surface area contributed by atoms with Crippen LogP contribution in [0.25, 0.3) is 0 Å². The van der Waals surface area contributed by atoms with E-state index in [0.717, 1.165) is 32.4 Å². The van der Waals surface area contributed by atoms with Crippen molar-refractivity contribution in [1.29, 1.82) is 0 Å². The van der Waals surface area contributed by atoms with Gasteiger partial charge in [0.25, 0.3) is 5.91 Å². The number of carbonyl (C=O) groups is 1. The Hall–Kier alpha value is -1.15. The third-order valence-electron chi connectivity index (χ3n) is 5.37. The summed E-state index contributed by atoms with van der Waals surface area (Å²) in [4.78, 5) is 15.2. The van der Waals surface area contributed by atoms with E-state index in [2.05, 4.69) is 5.32 Å². The molecule has 2 heterocycles. The second-order valence-electron chi connectivity index (χ2n) is 7.23. The lowest BCUT2D eigenvalue weighted by Crippen LogP contribution is -2.42. The molecule has 0 aromatic heterocycles. The molecular weight excluding hydrogens is 374 g/mol. The van der Waals surface area contributed by atoms with Gasteiger partial charge in [0, 0.05) is 37.3 Å². The number of hydrogen-bond acceptors (Lipinski definition) is 4. The summed E-state index contributed by atoms with van der Waals surface area (Å²) in [6.07, 6.45) is 3.00. The largest absolute Gasteiger partial charge is 0.331 e. The first-order chi connectivity index (χ1) is 11.8. The SMILES string of the molecule is CC(C)N(C)S(=O)(=O)c1cccc(C(=O)N2C3CCNCC2CC3)c1.Cl. The Balaban J connectivity index is 0.00000243. The number of nitrogens with zero attached hydrogens (tertiary/aromatic N) is 2. The Morgan fingerprint density at radius 2 is 1.92 bits per heavy atom. The van der Waals surface area contributed by atoms with Gasteiger partial charge in [-0.25, -0.2) is 8.42 Å². The first-order valence-electron chi connectivity index (χ1n) is 8.94. The van der Waals surface area contributed by atoms with Crippen molar-refractivity contribution in [1.82, 2.24) is 14.5 Å². The van der Waals surface area contributed by atoms with Gasteiger partial charge in [0.05, 0.1) is 4.90 Å². The summed E-state index contributed by atoms with van der Waals surface area (Å²) in [5.74, 6) is -0.0551. The molecule has 2 fully saturated rings. The molecule has 0 aliphatic carbocycles. The third kappa shape index (κ3) is 3.91. The number of amides is 1. The number of benzene rings is 1. The summed E-state index contributed by atoms with van der Waals surface area (Å²) in [7, 11) is -2.03. The molecule has 2 unspecified atom stereocenters. The van der Waals surface area contributed by atoms with Crippen molar-refractivity contribution in [2.24, 2.45) is 0 Å². The van der Waals surface area contributed by atoms with Crippen molar-refractivity contribution in [2.45, 2.75) is 56.1 Å². The highest BCUT2D eigenvalue weighted by Crippen LogP contribution is 2.30. The summed E-state index contributed by atoms with van der Waals surface area (Å²) >= 11 is 0. The first kappa shape index (κ1) is 21.2. The second-order valence-corrected chi connectivity index (χ2v) is 9.23. The maximum absolute atomic E-state index is 13.1. The van der Waals surface area contributed by atoms with Gasteiger partial charge in [-0.15, -0.1) is 12.4 Å². The van der Waals surface area contributed by atoms with E-state index in [-0.39, 0.29) is 41.3 Å². The van der Waals surface area contributed by atoms with Crippen molar-refractivity contribution < 1.29 is 13.2 Å². The molecule has 1 aromatic rings. The predicted octanol–water partition coefficient (Wildman–Crippen LogP) is 2.10. The number of sulfonamides is 1. The average Bonchev–Trinajstić information content (AvgIpc) is 2.86. The maximum Gasteiger partial charge on any atom is 0.254 e. The van der Waals surface area contributed by atoms with Crippen molar-refractivity contribution in [3.05, 3.63) is 29.8 Å². The van der Waals surface area contributed by atoms with Crippen molar-refractivity contribution >= 4 is 28.3 Å². The molecule has 2 saturated heterocycles. The predicted molar refractivity (Wildman–Crippen MR) is 104 cm³/mol. The molecule has 3 rings (SSSR count). The van der Waals surface area contributed by atoms with Crippen LogP contribution in [0, 0.1) is 0 Å². The summed E-state index contributed by atoms with van der Waals surface area (Å²) in [5.41, 5.74) is 0.456. The molecule has 2 bridgehead atoms. The molecule has 2 atom stereocenters. The number of halogens is 1. The Morgan fingerprint density at radius 3 is 2.62 bits per heavy atom. The third-order valence-corrected chi connectivity index (χ3v) is 7.40. The fourth-order valence-corrected chi connectivity index (χ4v) is 5.11. The van der Waals surface area contributed by atoms with E-state index in [9.17, 15) is 13.2 Å². The number of nitrogens with one attached hydrogen (secondary N) is 1. The number of hydrogen-bond donors (Lipinski definition) is 1. The minimum Gasteiger partial charge on any atom is -0.331 e. The lowest BCUT2D eigenvalue weighted by molar-refractivity contribution is 0.0680. The maximum atomic E-state index is 13.1. The molecule has 1 N–H and O–H groups in total. The van der Waals surface area contributed by atoms with Gasteiger partial charge in [-0.1, -0.05) is 6.07 Å². The van der Waals surface area contributed by atoms with Gasteiger partial charge in [0.1, 0.15) is 0 Å². The van der Waals surface area contributed by atoms with Gasteiger partial charge in [-0.2, -0.15) is 4.31 Å². The first-order valence-corrected chi connectivity index (χ1v) is 10.4. The van der Waals surface area contributed by atoms with Crippen LogP contribution in [0.5, 0.6) is 0 Å². The standard InChI is InChI=1S/C18H27N3O3S.ClH/c1-13(2)20(3)25(23,24)17-6-4-5-14(11-17)18(22)21-15-7-8-16(21)12-19-10-9-15;/h4-6,11,13,15-16,19H,7-10,12H2,1-3H3;1H. The van der Waals surface area contributed by atoms with Crippen LogP contribution >= 0.6 is 12.4 Å². The van der Waals surface area contributed by atoms with Gasteiger partial charge in [0.15, 0.2) is 0 Å². The normalized spacial score (nSPS) is 23.0. The molecule has 8 heteroatoms. The van der Waals surface area contributed by atoms with E-state index in [1.165, 1.54) is 10.4 Å². The van der Waals surface area contributed by atoms with Gasteiger partial charge >= 0.3 is 0 Å². The van der Waals surface area contributed by atoms with Crippen LogP contribution in [0.1, 0.15) is 43.5 Å². The van der Waals surface area contributed by atoms with Crippen LogP contribution in [0.2, 0.25) is 0 Å². The van der Waals surface area contributed by atoms with Gasteiger partial charge < -0.3 is 10.2 Å². The van der Waals surface area contributed by atoms with Gasteiger partial charge in [0.2, 0.25) is 10.0 Å². The summed E-state index contributed by atoms with van der Waals surface area (Å²) in [6, 6.07) is 6.78. The highest BCUT2D eigenvalue weighted by molar-refractivity contribution is 7.89. The van der Waals surface area contributed by atoms with Crippen LogP contribution < -0.4 is 5.32 Å². The molecule has 0 spiro atoms. The molecule has 0 saturated carbocycles. The molecule has 1 amide bonds. The van der Waals surface area contributed by atoms with Crippen molar-refractivity contribution in [2.75, 3.05) is 20.1 Å². The minimum absolute atomic E-state index is 0. The topological polar surface area (TPSA) is 69.7 Å². The summed E-state index contributed by atoms with van der Waals surface area (Å²) in [6.45, 7) is 5.40. The van der Waals surface area contributed by atoms with E-state index in [0.29, 0.717) is 5.56 Å². The van der Waals surface area contributed by atoms with Crippen LogP contribution in [-0.4, -0.2) is 61.8 Å². The van der Waals surface area contributed by atoms with E-state index in [4.69, 9.17) is 0 Å². The van der Waals surface area contributed by atoms with E-state index < -0.39 is 10.0 Å². The fourth-order valence-electron chi connectivity index (χ4n) is 3.70. The molecule has 6 nitrogen and oxygen atoms in total. The van der Waals surface area contributed by atoms with Crippen LogP contribution in [0.15, 0.2) is 29.2 Å². The number of fused-ring (bicyclic) bond motifs is 2. The van der Waals surface area contributed by atoms with Crippen LogP contribution in [0.3, 0.4) is 0 Å². The molecule has 26 heavy (non-hydrogen) atoms. The molecule has 1 aromatic carbocycles. The van der Waals surface area contributed by atoms with Crippen LogP contribution in [0.4, 0.5) is 0 Å². The van der Waals surface area contributed by atoms with E-state index in [1.807, 2.05) is 18.7 Å². The lowest BCUT2D eigenvalue weighted by atomic mass is 10.1. The summed E-state index contributed by atoms with van der Waals surface area (Å²) in [5, 5.41) is 3.38. The zero-order chi connectivity index (χ0) is 18.2.